The van der Waals surface area contributed by atoms with Crippen LogP contribution in [0.4, 0.5) is 0 Å². The van der Waals surface area contributed by atoms with Crippen molar-refractivity contribution < 1.29 is 0 Å². The van der Waals surface area contributed by atoms with Crippen LogP contribution in [0.1, 0.15) is 109 Å². The maximum Gasteiger partial charge on any atom is 0.00886 e. The van der Waals surface area contributed by atoms with Crippen LogP contribution >= 0.6 is 0 Å². The molecular weight excluding hydrogens is 252 g/mol. The Morgan fingerprint density at radius 3 is 1.00 bits per heavy atom. The van der Waals surface area contributed by atoms with Crippen molar-refractivity contribution in [2.24, 2.45) is 0 Å². The van der Waals surface area contributed by atoms with E-state index in [9.17, 15) is 0 Å². The largest absolute Gasteiger partial charge is 0.103 e. The summed E-state index contributed by atoms with van der Waals surface area (Å²) >= 11 is 0. The first-order valence-corrected chi connectivity index (χ1v) is 9.46. The molecule has 0 nitrogen and oxygen atoms in total. The first kappa shape index (κ1) is 20.6. The molecule has 21 heavy (non-hydrogen) atoms. The molecule has 0 aliphatic heterocycles. The molecule has 0 aromatic rings. The molecule has 0 spiro atoms. The number of unbranched alkanes of at least 4 members (excludes halogenated alkanes) is 15. The highest BCUT2D eigenvalue weighted by Gasteiger charge is 1.91. The van der Waals surface area contributed by atoms with Gasteiger partial charge in [0, 0.05) is 12.8 Å². The van der Waals surface area contributed by atoms with Crippen LogP contribution in [0.3, 0.4) is 0 Å². The minimum Gasteiger partial charge on any atom is -0.103 e. The van der Waals surface area contributed by atoms with Gasteiger partial charge in [0.1, 0.15) is 0 Å². The summed E-state index contributed by atoms with van der Waals surface area (Å²) in [5.74, 6) is 6.68. The van der Waals surface area contributed by atoms with Crippen LogP contribution in [-0.4, -0.2) is 0 Å². The molecule has 0 fully saturated rings. The van der Waals surface area contributed by atoms with Gasteiger partial charge in [-0.05, 0) is 12.8 Å². The minimum atomic E-state index is 1.10. The van der Waals surface area contributed by atoms with Gasteiger partial charge in [-0.2, -0.15) is 0 Å². The quantitative estimate of drug-likeness (QED) is 0.219. The summed E-state index contributed by atoms with van der Waals surface area (Å²) < 4.78 is 0. The average molecular weight is 291 g/mol. The Kier molecular flexibility index (Phi) is 19.2. The van der Waals surface area contributed by atoms with Gasteiger partial charge in [0.05, 0.1) is 0 Å². The molecule has 0 saturated heterocycles. The van der Waals surface area contributed by atoms with Gasteiger partial charge in [0.15, 0.2) is 0 Å². The molecule has 0 atom stereocenters. The molecule has 0 aliphatic rings. The zero-order chi connectivity index (χ0) is 15.4. The van der Waals surface area contributed by atoms with Crippen molar-refractivity contribution in [3.8, 4) is 11.8 Å². The fourth-order valence-electron chi connectivity index (χ4n) is 2.55. The lowest BCUT2D eigenvalue weighted by molar-refractivity contribution is 0.584. The van der Waals surface area contributed by atoms with Crippen molar-refractivity contribution in [1.29, 1.82) is 0 Å². The van der Waals surface area contributed by atoms with E-state index in [2.05, 4.69) is 25.7 Å². The lowest BCUT2D eigenvalue weighted by atomic mass is 10.1. The molecule has 0 bridgehead atoms. The standard InChI is InChI=1S/C21H38/c1-3-5-7-9-11-13-15-17-19-21-20-18-16-14-12-10-8-6-4-2/h1-19H2. The molecular formula is C21H38. The summed E-state index contributed by atoms with van der Waals surface area (Å²) in [5.41, 5.74) is 0. The van der Waals surface area contributed by atoms with Crippen molar-refractivity contribution in [2.75, 3.05) is 0 Å². The smallest absolute Gasteiger partial charge is 0.00886 e. The third-order valence-electron chi connectivity index (χ3n) is 3.98. The van der Waals surface area contributed by atoms with Crippen LogP contribution in [0.5, 0.6) is 0 Å². The topological polar surface area (TPSA) is 0 Å². The van der Waals surface area contributed by atoms with Gasteiger partial charge in [-0.3, -0.25) is 0 Å². The van der Waals surface area contributed by atoms with Crippen molar-refractivity contribution >= 4 is 0 Å². The summed E-state index contributed by atoms with van der Waals surface area (Å²) in [7, 11) is 0. The number of hydrogen-bond donors (Lipinski definition) is 0. The molecule has 0 unspecified atom stereocenters. The summed E-state index contributed by atoms with van der Waals surface area (Å²) in [5, 5.41) is 0. The monoisotopic (exact) mass is 290 g/mol. The first-order valence-electron chi connectivity index (χ1n) is 9.46. The number of rotatable bonds is 15. The van der Waals surface area contributed by atoms with Gasteiger partial charge < -0.3 is 0 Å². The zero-order valence-electron chi connectivity index (χ0n) is 14.4. The molecule has 0 aromatic heterocycles. The van der Waals surface area contributed by atoms with Crippen LogP contribution in [-0.2, 0) is 0 Å². The fraction of sp³-hybridized carbons (Fsp3) is 0.810. The maximum absolute atomic E-state index is 3.88. The van der Waals surface area contributed by atoms with Crippen molar-refractivity contribution in [1.82, 2.24) is 0 Å². The van der Waals surface area contributed by atoms with Crippen molar-refractivity contribution in [3.63, 3.8) is 0 Å². The van der Waals surface area contributed by atoms with E-state index in [1.165, 1.54) is 83.5 Å². The highest BCUT2D eigenvalue weighted by Crippen LogP contribution is 2.09. The normalized spacial score (nSPS) is 10.4. The molecule has 0 aliphatic carbocycles. The van der Waals surface area contributed by atoms with E-state index >= 15 is 0 Å². The second kappa shape index (κ2) is 19.6. The van der Waals surface area contributed by atoms with E-state index < -0.39 is 0 Å². The molecule has 0 N–H and O–H groups in total. The van der Waals surface area contributed by atoms with E-state index in [-0.39, 0.29) is 0 Å². The van der Waals surface area contributed by atoms with Crippen molar-refractivity contribution in [3.05, 3.63) is 13.8 Å². The molecule has 122 valence electrons. The lowest BCUT2D eigenvalue weighted by Crippen LogP contribution is -1.80. The molecule has 0 rings (SSSR count). The van der Waals surface area contributed by atoms with Gasteiger partial charge in [-0.25, -0.2) is 0 Å². The minimum absolute atomic E-state index is 1.10. The van der Waals surface area contributed by atoms with Crippen LogP contribution in [0, 0.1) is 25.7 Å². The summed E-state index contributed by atoms with van der Waals surface area (Å²) in [4.78, 5) is 0. The number of hydrogen-bond acceptors (Lipinski definition) is 0. The Morgan fingerprint density at radius 2 is 0.667 bits per heavy atom. The van der Waals surface area contributed by atoms with Crippen LogP contribution in [0.25, 0.3) is 0 Å². The molecule has 0 amide bonds. The second-order valence-electron chi connectivity index (χ2n) is 6.16. The van der Waals surface area contributed by atoms with E-state index in [0.717, 1.165) is 25.7 Å². The fourth-order valence-corrected chi connectivity index (χ4v) is 2.55. The highest BCUT2D eigenvalue weighted by atomic mass is 14.0. The third-order valence-corrected chi connectivity index (χ3v) is 3.98. The van der Waals surface area contributed by atoms with Gasteiger partial charge in [0.25, 0.3) is 0 Å². The maximum atomic E-state index is 3.88. The van der Waals surface area contributed by atoms with E-state index in [1.807, 2.05) is 0 Å². The van der Waals surface area contributed by atoms with E-state index in [1.54, 1.807) is 0 Å². The summed E-state index contributed by atoms with van der Waals surface area (Å²) in [6.07, 6.45) is 22.1. The van der Waals surface area contributed by atoms with Gasteiger partial charge in [0.2, 0.25) is 0 Å². The Bertz CT molecular complexity index is 230. The lowest BCUT2D eigenvalue weighted by Gasteiger charge is -1.99. The predicted octanol–water partition coefficient (Wildman–Crippen LogP) is 7.29. The molecule has 0 heterocycles. The molecule has 2 radical (unpaired) electrons. The van der Waals surface area contributed by atoms with E-state index in [4.69, 9.17) is 0 Å². The first-order chi connectivity index (χ1) is 10.4. The average Bonchev–Trinajstić information content (AvgIpc) is 2.50. The highest BCUT2D eigenvalue weighted by molar-refractivity contribution is 4.98. The van der Waals surface area contributed by atoms with E-state index in [0.29, 0.717) is 0 Å². The molecule has 0 heteroatoms. The zero-order valence-corrected chi connectivity index (χ0v) is 14.4. The van der Waals surface area contributed by atoms with Crippen LogP contribution in [0.2, 0.25) is 0 Å². The van der Waals surface area contributed by atoms with Crippen LogP contribution < -0.4 is 0 Å². The summed E-state index contributed by atoms with van der Waals surface area (Å²) in [6.45, 7) is 7.76. The van der Waals surface area contributed by atoms with Gasteiger partial charge in [-0.1, -0.05) is 97.3 Å². The van der Waals surface area contributed by atoms with Crippen molar-refractivity contribution in [2.45, 2.75) is 109 Å². The Labute approximate surface area is 135 Å². The van der Waals surface area contributed by atoms with Crippen LogP contribution in [0.15, 0.2) is 0 Å². The molecule has 0 saturated carbocycles. The SMILES string of the molecule is [CH2]CCCCCCCCC#CCCCCCCCCC[CH2]. The summed E-state index contributed by atoms with van der Waals surface area (Å²) in [6, 6.07) is 0. The Hall–Kier alpha value is -0.440. The third kappa shape index (κ3) is 19.6. The van der Waals surface area contributed by atoms with Gasteiger partial charge in [-0.15, -0.1) is 11.8 Å². The molecule has 0 aromatic carbocycles. The van der Waals surface area contributed by atoms with Gasteiger partial charge >= 0.3 is 0 Å². The second-order valence-corrected chi connectivity index (χ2v) is 6.16. The Morgan fingerprint density at radius 1 is 0.381 bits per heavy atom. The Balaban J connectivity index is 3.06. The predicted molar refractivity (Wildman–Crippen MR) is 97.0 cm³/mol.